The highest BCUT2D eigenvalue weighted by Gasteiger charge is 2.01. The zero-order valence-electron chi connectivity index (χ0n) is 11.3. The summed E-state index contributed by atoms with van der Waals surface area (Å²) in [7, 11) is 2.21. The van der Waals surface area contributed by atoms with E-state index in [-0.39, 0.29) is 0 Å². The summed E-state index contributed by atoms with van der Waals surface area (Å²) in [5.41, 5.74) is 0. The van der Waals surface area contributed by atoms with Gasteiger partial charge in [0.05, 0.1) is 0 Å². The summed E-state index contributed by atoms with van der Waals surface area (Å²) >= 11 is 0. The minimum atomic E-state index is 0.684. The zero-order valence-corrected chi connectivity index (χ0v) is 11.3. The number of unbranched alkanes of at least 4 members (excludes halogenated alkanes) is 2. The monoisotopic (exact) mass is 214 g/mol. The fourth-order valence-electron chi connectivity index (χ4n) is 1.44. The number of hydrogen-bond donors (Lipinski definition) is 1. The molecule has 0 aliphatic carbocycles. The summed E-state index contributed by atoms with van der Waals surface area (Å²) in [5.74, 6) is 0.775. The maximum atomic E-state index is 3.48. The molecular weight excluding hydrogens is 184 g/mol. The molecule has 92 valence electrons. The Kier molecular flexibility index (Phi) is 9.12. The van der Waals surface area contributed by atoms with Gasteiger partial charge in [0.25, 0.3) is 0 Å². The van der Waals surface area contributed by atoms with E-state index < -0.39 is 0 Å². The van der Waals surface area contributed by atoms with Gasteiger partial charge in [-0.25, -0.2) is 0 Å². The Labute approximate surface area is 96.4 Å². The number of nitrogens with one attached hydrogen (secondary N) is 1. The molecule has 0 heterocycles. The van der Waals surface area contributed by atoms with Gasteiger partial charge < -0.3 is 10.2 Å². The van der Waals surface area contributed by atoms with Gasteiger partial charge in [-0.1, -0.05) is 20.3 Å². The Balaban J connectivity index is 3.11. The van der Waals surface area contributed by atoms with Crippen LogP contribution in [0.1, 0.15) is 47.0 Å². The maximum absolute atomic E-state index is 3.48. The van der Waals surface area contributed by atoms with E-state index >= 15 is 0 Å². The molecule has 0 aliphatic heterocycles. The normalized spacial score (nSPS) is 12.0. The van der Waals surface area contributed by atoms with E-state index in [1.807, 2.05) is 0 Å². The first-order valence-corrected chi connectivity index (χ1v) is 6.45. The van der Waals surface area contributed by atoms with Crippen LogP contribution in [0, 0.1) is 5.92 Å². The highest BCUT2D eigenvalue weighted by atomic mass is 15.1. The minimum Gasteiger partial charge on any atom is -0.316 e. The predicted molar refractivity (Wildman–Crippen MR) is 69.3 cm³/mol. The number of rotatable bonds is 9. The summed E-state index contributed by atoms with van der Waals surface area (Å²) in [6, 6.07) is 0.684. The van der Waals surface area contributed by atoms with Crippen molar-refractivity contribution in [3.63, 3.8) is 0 Å². The lowest BCUT2D eigenvalue weighted by Gasteiger charge is -2.20. The smallest absolute Gasteiger partial charge is 0.00355 e. The topological polar surface area (TPSA) is 15.3 Å². The quantitative estimate of drug-likeness (QED) is 0.594. The van der Waals surface area contributed by atoms with Crippen molar-refractivity contribution in [2.45, 2.75) is 53.0 Å². The SMILES string of the molecule is CC(C)CNCCCCCN(C)C(C)C. The molecule has 0 bridgehead atoms. The average molecular weight is 214 g/mol. The second-order valence-corrected chi connectivity index (χ2v) is 5.23. The summed E-state index contributed by atoms with van der Waals surface area (Å²) in [6.07, 6.45) is 4.00. The number of hydrogen-bond acceptors (Lipinski definition) is 2. The molecule has 0 aromatic rings. The second kappa shape index (κ2) is 9.17. The lowest BCUT2D eigenvalue weighted by Crippen LogP contribution is -2.27. The van der Waals surface area contributed by atoms with Crippen LogP contribution in [0.15, 0.2) is 0 Å². The van der Waals surface area contributed by atoms with Crippen molar-refractivity contribution in [3.05, 3.63) is 0 Å². The number of nitrogens with zero attached hydrogens (tertiary/aromatic N) is 1. The van der Waals surface area contributed by atoms with Crippen LogP contribution < -0.4 is 5.32 Å². The van der Waals surface area contributed by atoms with E-state index in [9.17, 15) is 0 Å². The van der Waals surface area contributed by atoms with Crippen molar-refractivity contribution in [1.29, 1.82) is 0 Å². The van der Waals surface area contributed by atoms with Crippen molar-refractivity contribution in [1.82, 2.24) is 10.2 Å². The second-order valence-electron chi connectivity index (χ2n) is 5.23. The van der Waals surface area contributed by atoms with Crippen LogP contribution in [-0.2, 0) is 0 Å². The van der Waals surface area contributed by atoms with Crippen molar-refractivity contribution in [2.24, 2.45) is 5.92 Å². The third-order valence-electron chi connectivity index (χ3n) is 2.80. The molecule has 0 fully saturated rings. The van der Waals surface area contributed by atoms with E-state index in [1.165, 1.54) is 32.4 Å². The molecule has 0 amide bonds. The van der Waals surface area contributed by atoms with Crippen LogP contribution in [0.25, 0.3) is 0 Å². The van der Waals surface area contributed by atoms with Crippen LogP contribution >= 0.6 is 0 Å². The van der Waals surface area contributed by atoms with Gasteiger partial charge in [-0.3, -0.25) is 0 Å². The lowest BCUT2D eigenvalue weighted by molar-refractivity contribution is 0.267. The van der Waals surface area contributed by atoms with Crippen LogP contribution in [0.4, 0.5) is 0 Å². The summed E-state index contributed by atoms with van der Waals surface area (Å²) in [4.78, 5) is 2.42. The first kappa shape index (κ1) is 14.9. The molecule has 2 nitrogen and oxygen atoms in total. The Morgan fingerprint density at radius 1 is 1.00 bits per heavy atom. The van der Waals surface area contributed by atoms with Crippen LogP contribution in [0.3, 0.4) is 0 Å². The van der Waals surface area contributed by atoms with Crippen LogP contribution in [-0.4, -0.2) is 37.6 Å². The van der Waals surface area contributed by atoms with Crippen molar-refractivity contribution >= 4 is 0 Å². The summed E-state index contributed by atoms with van der Waals surface area (Å²) < 4.78 is 0. The Hall–Kier alpha value is -0.0800. The fraction of sp³-hybridized carbons (Fsp3) is 1.00. The highest BCUT2D eigenvalue weighted by Crippen LogP contribution is 2.00. The molecule has 0 atom stereocenters. The van der Waals surface area contributed by atoms with Crippen molar-refractivity contribution in [2.75, 3.05) is 26.7 Å². The molecule has 0 saturated heterocycles. The third-order valence-corrected chi connectivity index (χ3v) is 2.80. The fourth-order valence-corrected chi connectivity index (χ4v) is 1.44. The van der Waals surface area contributed by atoms with Gasteiger partial charge in [-0.05, 0) is 59.3 Å². The Bertz CT molecular complexity index is 132. The van der Waals surface area contributed by atoms with Gasteiger partial charge in [0.1, 0.15) is 0 Å². The van der Waals surface area contributed by atoms with E-state index in [0.29, 0.717) is 6.04 Å². The summed E-state index contributed by atoms with van der Waals surface area (Å²) in [6.45, 7) is 12.6. The summed E-state index contributed by atoms with van der Waals surface area (Å²) in [5, 5.41) is 3.48. The van der Waals surface area contributed by atoms with Crippen molar-refractivity contribution < 1.29 is 0 Å². The highest BCUT2D eigenvalue weighted by molar-refractivity contribution is 4.57. The maximum Gasteiger partial charge on any atom is 0.00355 e. The standard InChI is InChI=1S/C13H30N2/c1-12(2)11-14-9-7-6-8-10-15(5)13(3)4/h12-14H,6-11H2,1-5H3. The van der Waals surface area contributed by atoms with Gasteiger partial charge in [-0.2, -0.15) is 0 Å². The first-order chi connectivity index (χ1) is 7.04. The largest absolute Gasteiger partial charge is 0.316 e. The molecular formula is C13H30N2. The first-order valence-electron chi connectivity index (χ1n) is 6.45. The molecule has 0 aromatic heterocycles. The Morgan fingerprint density at radius 2 is 1.67 bits per heavy atom. The van der Waals surface area contributed by atoms with E-state index in [1.54, 1.807) is 0 Å². The predicted octanol–water partition coefficient (Wildman–Crippen LogP) is 2.74. The van der Waals surface area contributed by atoms with E-state index in [2.05, 4.69) is 45.0 Å². The average Bonchev–Trinajstić information content (AvgIpc) is 2.15. The van der Waals surface area contributed by atoms with Gasteiger partial charge in [-0.15, -0.1) is 0 Å². The van der Waals surface area contributed by atoms with Crippen molar-refractivity contribution in [3.8, 4) is 0 Å². The van der Waals surface area contributed by atoms with Gasteiger partial charge >= 0.3 is 0 Å². The lowest BCUT2D eigenvalue weighted by atomic mass is 10.2. The van der Waals surface area contributed by atoms with E-state index in [0.717, 1.165) is 12.5 Å². The Morgan fingerprint density at radius 3 is 2.20 bits per heavy atom. The molecule has 15 heavy (non-hydrogen) atoms. The molecule has 1 N–H and O–H groups in total. The zero-order chi connectivity index (χ0) is 11.7. The third kappa shape index (κ3) is 10.2. The molecule has 0 radical (unpaired) electrons. The van der Waals surface area contributed by atoms with Crippen LogP contribution in [0.2, 0.25) is 0 Å². The molecule has 0 rings (SSSR count). The molecule has 0 saturated carbocycles. The van der Waals surface area contributed by atoms with Gasteiger partial charge in [0, 0.05) is 6.04 Å². The molecule has 0 unspecified atom stereocenters. The molecule has 2 heteroatoms. The van der Waals surface area contributed by atoms with Gasteiger partial charge in [0.15, 0.2) is 0 Å². The molecule has 0 aromatic carbocycles. The van der Waals surface area contributed by atoms with Gasteiger partial charge in [0.2, 0.25) is 0 Å². The molecule has 0 aliphatic rings. The van der Waals surface area contributed by atoms with E-state index in [4.69, 9.17) is 0 Å². The molecule has 0 spiro atoms. The minimum absolute atomic E-state index is 0.684. The van der Waals surface area contributed by atoms with Crippen LogP contribution in [0.5, 0.6) is 0 Å².